The van der Waals surface area contributed by atoms with Gasteiger partial charge in [0.15, 0.2) is 0 Å². The Bertz CT molecular complexity index is 499. The maximum Gasteiger partial charge on any atom is 0.228 e. The van der Waals surface area contributed by atoms with Crippen LogP contribution in [-0.2, 0) is 4.79 Å². The summed E-state index contributed by atoms with van der Waals surface area (Å²) < 4.78 is 0. The molecule has 0 aromatic heterocycles. The molecule has 0 atom stereocenters. The van der Waals surface area contributed by atoms with Crippen LogP contribution in [0.15, 0.2) is 24.3 Å². The molecule has 1 aromatic carbocycles. The third-order valence-electron chi connectivity index (χ3n) is 3.31. The number of hydrogen-bond donors (Lipinski definition) is 1. The van der Waals surface area contributed by atoms with Gasteiger partial charge in [0.05, 0.1) is 11.6 Å². The molecule has 0 unspecified atom stereocenters. The maximum atomic E-state index is 12.2. The molecule has 1 fully saturated rings. The summed E-state index contributed by atoms with van der Waals surface area (Å²) in [5, 5.41) is 12.1. The van der Waals surface area contributed by atoms with E-state index < -0.39 is 0 Å². The van der Waals surface area contributed by atoms with Crippen LogP contribution in [0.5, 0.6) is 0 Å². The maximum absolute atomic E-state index is 12.2. The average Bonchev–Trinajstić information content (AvgIpc) is 2.40. The Morgan fingerprint density at radius 1 is 1.32 bits per heavy atom. The Kier molecular flexibility index (Phi) is 3.87. The summed E-state index contributed by atoms with van der Waals surface area (Å²) in [6.45, 7) is 6.59. The second-order valence-electron chi connectivity index (χ2n) is 5.73. The van der Waals surface area contributed by atoms with E-state index in [4.69, 9.17) is 5.26 Å². The van der Waals surface area contributed by atoms with Crippen molar-refractivity contribution in [2.45, 2.75) is 20.3 Å². The van der Waals surface area contributed by atoms with Gasteiger partial charge >= 0.3 is 0 Å². The second kappa shape index (κ2) is 5.41. The Hall–Kier alpha value is -1.86. The molecule has 1 saturated heterocycles. The summed E-state index contributed by atoms with van der Waals surface area (Å²) in [5.74, 6) is 0.130. The molecule has 100 valence electrons. The molecule has 4 nitrogen and oxygen atoms in total. The van der Waals surface area contributed by atoms with Crippen molar-refractivity contribution >= 4 is 11.6 Å². The smallest absolute Gasteiger partial charge is 0.228 e. The van der Waals surface area contributed by atoms with Crippen LogP contribution < -0.4 is 10.2 Å². The van der Waals surface area contributed by atoms with E-state index in [1.165, 1.54) is 0 Å². The minimum Gasteiger partial charge on any atom is -0.316 e. The fraction of sp³-hybridized carbons (Fsp3) is 0.467. The van der Waals surface area contributed by atoms with Crippen molar-refractivity contribution in [1.29, 1.82) is 5.26 Å². The summed E-state index contributed by atoms with van der Waals surface area (Å²) in [6, 6.07) is 9.30. The van der Waals surface area contributed by atoms with Gasteiger partial charge < -0.3 is 10.2 Å². The molecule has 1 aliphatic rings. The summed E-state index contributed by atoms with van der Waals surface area (Å²) in [7, 11) is 0. The van der Waals surface area contributed by atoms with Gasteiger partial charge in [0.2, 0.25) is 5.91 Å². The highest BCUT2D eigenvalue weighted by Gasteiger charge is 2.27. The van der Waals surface area contributed by atoms with Crippen LogP contribution in [0.25, 0.3) is 0 Å². The number of hydrogen-bond acceptors (Lipinski definition) is 3. The molecule has 4 heteroatoms. The first-order valence-electron chi connectivity index (χ1n) is 6.53. The molecular weight excluding hydrogens is 238 g/mol. The van der Waals surface area contributed by atoms with Crippen LogP contribution in [0.2, 0.25) is 0 Å². The number of rotatable bonds is 1. The molecule has 0 spiro atoms. The van der Waals surface area contributed by atoms with Gasteiger partial charge in [0.25, 0.3) is 0 Å². The lowest BCUT2D eigenvalue weighted by atomic mass is 9.91. The quantitative estimate of drug-likeness (QED) is 0.836. The molecule has 0 bridgehead atoms. The SMILES string of the molecule is CC1(C)CNCCC(=O)N(c2ccc(C#N)cc2)C1. The van der Waals surface area contributed by atoms with Crippen LogP contribution in [0.3, 0.4) is 0 Å². The molecular formula is C15H19N3O. The summed E-state index contributed by atoms with van der Waals surface area (Å²) in [4.78, 5) is 14.1. The van der Waals surface area contributed by atoms with Crippen molar-refractivity contribution in [2.75, 3.05) is 24.5 Å². The number of nitriles is 1. The topological polar surface area (TPSA) is 56.1 Å². The van der Waals surface area contributed by atoms with Crippen LogP contribution in [0.1, 0.15) is 25.8 Å². The fourth-order valence-corrected chi connectivity index (χ4v) is 2.28. The van der Waals surface area contributed by atoms with Crippen LogP contribution in [-0.4, -0.2) is 25.5 Å². The van der Waals surface area contributed by atoms with Gasteiger partial charge in [-0.2, -0.15) is 5.26 Å². The van der Waals surface area contributed by atoms with Crippen molar-refractivity contribution in [2.24, 2.45) is 5.41 Å². The minimum absolute atomic E-state index is 0.0317. The van der Waals surface area contributed by atoms with Crippen molar-refractivity contribution in [3.05, 3.63) is 29.8 Å². The zero-order chi connectivity index (χ0) is 13.9. The van der Waals surface area contributed by atoms with Crippen molar-refractivity contribution in [1.82, 2.24) is 5.32 Å². The van der Waals surface area contributed by atoms with E-state index in [2.05, 4.69) is 25.2 Å². The van der Waals surface area contributed by atoms with Gasteiger partial charge in [-0.25, -0.2) is 0 Å². The fourth-order valence-electron chi connectivity index (χ4n) is 2.28. The molecule has 0 radical (unpaired) electrons. The van der Waals surface area contributed by atoms with Gasteiger partial charge in [-0.3, -0.25) is 4.79 Å². The van der Waals surface area contributed by atoms with Crippen molar-refractivity contribution < 1.29 is 4.79 Å². The zero-order valence-electron chi connectivity index (χ0n) is 11.4. The van der Waals surface area contributed by atoms with E-state index in [9.17, 15) is 4.79 Å². The van der Waals surface area contributed by atoms with E-state index in [1.807, 2.05) is 17.0 Å². The molecule has 0 aliphatic carbocycles. The number of benzene rings is 1. The van der Waals surface area contributed by atoms with Crippen molar-refractivity contribution in [3.63, 3.8) is 0 Å². The largest absolute Gasteiger partial charge is 0.316 e. The number of carbonyl (C=O) groups excluding carboxylic acids is 1. The number of anilines is 1. The van der Waals surface area contributed by atoms with E-state index >= 15 is 0 Å². The van der Waals surface area contributed by atoms with Gasteiger partial charge in [-0.1, -0.05) is 13.8 Å². The highest BCUT2D eigenvalue weighted by atomic mass is 16.2. The van der Waals surface area contributed by atoms with E-state index in [1.54, 1.807) is 12.1 Å². The minimum atomic E-state index is 0.0317. The van der Waals surface area contributed by atoms with Gasteiger partial charge in [0, 0.05) is 31.7 Å². The predicted molar refractivity (Wildman–Crippen MR) is 74.8 cm³/mol. The Morgan fingerprint density at radius 2 is 2.00 bits per heavy atom. The summed E-state index contributed by atoms with van der Waals surface area (Å²) in [5.41, 5.74) is 1.52. The summed E-state index contributed by atoms with van der Waals surface area (Å²) in [6.07, 6.45) is 0.510. The standard InChI is InChI=1S/C15H19N3O/c1-15(2)10-17-8-7-14(19)18(11-15)13-5-3-12(9-16)4-6-13/h3-6,17H,7-8,10-11H2,1-2H3. The van der Waals surface area contributed by atoms with Crippen LogP contribution in [0.4, 0.5) is 5.69 Å². The van der Waals surface area contributed by atoms with Gasteiger partial charge in [0.1, 0.15) is 0 Å². The first kappa shape index (κ1) is 13.6. The highest BCUT2D eigenvalue weighted by Crippen LogP contribution is 2.24. The third kappa shape index (κ3) is 3.33. The van der Waals surface area contributed by atoms with E-state index in [0.29, 0.717) is 18.5 Å². The van der Waals surface area contributed by atoms with Crippen LogP contribution >= 0.6 is 0 Å². The molecule has 0 saturated carbocycles. The highest BCUT2D eigenvalue weighted by molar-refractivity contribution is 5.93. The number of nitrogens with one attached hydrogen (secondary N) is 1. The molecule has 19 heavy (non-hydrogen) atoms. The average molecular weight is 257 g/mol. The molecule has 1 amide bonds. The second-order valence-corrected chi connectivity index (χ2v) is 5.73. The predicted octanol–water partition coefficient (Wildman–Crippen LogP) is 1.91. The van der Waals surface area contributed by atoms with Crippen LogP contribution in [0, 0.1) is 16.7 Å². The lowest BCUT2D eigenvalue weighted by Gasteiger charge is -2.35. The zero-order valence-corrected chi connectivity index (χ0v) is 11.4. The Morgan fingerprint density at radius 3 is 2.63 bits per heavy atom. The third-order valence-corrected chi connectivity index (χ3v) is 3.31. The number of nitrogens with zero attached hydrogens (tertiary/aromatic N) is 2. The van der Waals surface area contributed by atoms with Gasteiger partial charge in [-0.05, 0) is 29.7 Å². The first-order chi connectivity index (χ1) is 9.02. The molecule has 2 rings (SSSR count). The molecule has 1 aliphatic heterocycles. The first-order valence-corrected chi connectivity index (χ1v) is 6.53. The Labute approximate surface area is 114 Å². The van der Waals surface area contributed by atoms with E-state index in [-0.39, 0.29) is 11.3 Å². The van der Waals surface area contributed by atoms with E-state index in [0.717, 1.165) is 18.8 Å². The molecule has 1 aromatic rings. The number of amides is 1. The van der Waals surface area contributed by atoms with Crippen molar-refractivity contribution in [3.8, 4) is 6.07 Å². The lowest BCUT2D eigenvalue weighted by molar-refractivity contribution is -0.119. The Balaban J connectivity index is 2.27. The lowest BCUT2D eigenvalue weighted by Crippen LogP contribution is -2.47. The van der Waals surface area contributed by atoms with Gasteiger partial charge in [-0.15, -0.1) is 0 Å². The normalized spacial score (nSPS) is 19.4. The monoisotopic (exact) mass is 257 g/mol. The molecule has 1 N–H and O–H groups in total. The summed E-state index contributed by atoms with van der Waals surface area (Å²) >= 11 is 0. The molecule has 1 heterocycles. The number of carbonyl (C=O) groups is 1.